The first-order chi connectivity index (χ1) is 12.0. The highest BCUT2D eigenvalue weighted by atomic mass is 32.1. The summed E-state index contributed by atoms with van der Waals surface area (Å²) in [4.78, 5) is 26.9. The molecule has 2 aliphatic heterocycles. The van der Waals surface area contributed by atoms with E-state index in [4.69, 9.17) is 9.47 Å². The van der Waals surface area contributed by atoms with Crippen molar-refractivity contribution in [1.82, 2.24) is 10.2 Å². The number of aliphatic hydroxyl groups excluding tert-OH is 1. The van der Waals surface area contributed by atoms with Crippen LogP contribution in [0.25, 0.3) is 0 Å². The van der Waals surface area contributed by atoms with Gasteiger partial charge in [-0.1, -0.05) is 12.1 Å². The third-order valence-electron chi connectivity index (χ3n) is 4.43. The highest BCUT2D eigenvalue weighted by Gasteiger charge is 2.50. The fraction of sp³-hybridized carbons (Fsp3) is 0.294. The zero-order chi connectivity index (χ0) is 17.6. The van der Waals surface area contributed by atoms with E-state index in [-0.39, 0.29) is 19.2 Å². The average Bonchev–Trinajstić information content (AvgIpc) is 3.31. The zero-order valence-corrected chi connectivity index (χ0v) is 14.2. The first kappa shape index (κ1) is 15.9. The lowest BCUT2D eigenvalue weighted by atomic mass is 10.0. The van der Waals surface area contributed by atoms with E-state index in [1.165, 1.54) is 11.3 Å². The van der Waals surface area contributed by atoms with Gasteiger partial charge >= 0.3 is 6.03 Å². The lowest BCUT2D eigenvalue weighted by Gasteiger charge is -2.21. The molecule has 3 amide bonds. The molecule has 4 rings (SSSR count). The SMILES string of the molecule is C[C@@]1(c2cccs2)NC(=O)N(C[C@@H](O)c2ccc3c(c2)OCO3)C1=O. The number of hydrogen-bond acceptors (Lipinski definition) is 6. The second-order valence-electron chi connectivity index (χ2n) is 6.08. The Morgan fingerprint density at radius 3 is 2.88 bits per heavy atom. The Hall–Kier alpha value is -2.58. The number of imide groups is 1. The topological polar surface area (TPSA) is 88.1 Å². The van der Waals surface area contributed by atoms with Crippen LogP contribution in [-0.2, 0) is 10.3 Å². The molecule has 1 saturated heterocycles. The van der Waals surface area contributed by atoms with E-state index in [2.05, 4.69) is 5.32 Å². The van der Waals surface area contributed by atoms with E-state index in [1.54, 1.807) is 31.2 Å². The summed E-state index contributed by atoms with van der Waals surface area (Å²) >= 11 is 1.40. The van der Waals surface area contributed by atoms with Crippen LogP contribution in [0.15, 0.2) is 35.7 Å². The highest BCUT2D eigenvalue weighted by molar-refractivity contribution is 7.10. The van der Waals surface area contributed by atoms with Crippen molar-refractivity contribution < 1.29 is 24.2 Å². The largest absolute Gasteiger partial charge is 0.454 e. The number of rotatable bonds is 4. The van der Waals surface area contributed by atoms with Crippen molar-refractivity contribution in [2.45, 2.75) is 18.6 Å². The fourth-order valence-corrected chi connectivity index (χ4v) is 3.83. The van der Waals surface area contributed by atoms with E-state index in [1.807, 2.05) is 11.4 Å². The molecular weight excluding hydrogens is 344 g/mol. The number of nitrogens with one attached hydrogen (secondary N) is 1. The van der Waals surface area contributed by atoms with Crippen LogP contribution in [-0.4, -0.2) is 35.3 Å². The molecule has 2 atom stereocenters. The normalized spacial score (nSPS) is 23.0. The maximum Gasteiger partial charge on any atom is 0.325 e. The maximum absolute atomic E-state index is 12.8. The standard InChI is InChI=1S/C17H16N2O5S/c1-17(14-3-2-6-25-14)15(21)19(16(22)18-17)8-11(20)10-4-5-12-13(7-10)24-9-23-12/h2-7,11,20H,8-9H2,1H3,(H,18,22)/t11-,17+/m1/s1. The van der Waals surface area contributed by atoms with Gasteiger partial charge in [-0.05, 0) is 36.1 Å². The molecule has 0 unspecified atom stereocenters. The average molecular weight is 360 g/mol. The van der Waals surface area contributed by atoms with Gasteiger partial charge in [-0.25, -0.2) is 4.79 Å². The van der Waals surface area contributed by atoms with E-state index in [9.17, 15) is 14.7 Å². The van der Waals surface area contributed by atoms with Crippen molar-refractivity contribution in [3.05, 3.63) is 46.2 Å². The number of aliphatic hydroxyl groups is 1. The molecule has 0 radical (unpaired) electrons. The molecule has 0 saturated carbocycles. The van der Waals surface area contributed by atoms with E-state index in [0.29, 0.717) is 17.1 Å². The summed E-state index contributed by atoms with van der Waals surface area (Å²) in [6.45, 7) is 1.68. The number of amides is 3. The second kappa shape index (κ2) is 5.75. The number of thiophene rings is 1. The van der Waals surface area contributed by atoms with Crippen LogP contribution in [0.1, 0.15) is 23.5 Å². The summed E-state index contributed by atoms with van der Waals surface area (Å²) in [6, 6.07) is 8.16. The Labute approximate surface area is 147 Å². The third-order valence-corrected chi connectivity index (χ3v) is 5.52. The summed E-state index contributed by atoms with van der Waals surface area (Å²) in [6.07, 6.45) is -1.02. The number of urea groups is 1. The molecule has 130 valence electrons. The number of hydrogen-bond donors (Lipinski definition) is 2. The van der Waals surface area contributed by atoms with Gasteiger partial charge in [0.25, 0.3) is 5.91 Å². The molecule has 3 heterocycles. The van der Waals surface area contributed by atoms with Crippen molar-refractivity contribution in [2.24, 2.45) is 0 Å². The third kappa shape index (κ3) is 2.54. The highest BCUT2D eigenvalue weighted by Crippen LogP contribution is 2.36. The van der Waals surface area contributed by atoms with Crippen molar-refractivity contribution in [3.8, 4) is 11.5 Å². The van der Waals surface area contributed by atoms with Gasteiger partial charge in [-0.3, -0.25) is 9.69 Å². The quantitative estimate of drug-likeness (QED) is 0.814. The molecule has 25 heavy (non-hydrogen) atoms. The van der Waals surface area contributed by atoms with Gasteiger partial charge in [0.2, 0.25) is 6.79 Å². The Morgan fingerprint density at radius 2 is 2.12 bits per heavy atom. The second-order valence-corrected chi connectivity index (χ2v) is 7.02. The molecule has 0 spiro atoms. The van der Waals surface area contributed by atoms with Crippen molar-refractivity contribution in [1.29, 1.82) is 0 Å². The Kier molecular flexibility index (Phi) is 3.66. The van der Waals surface area contributed by atoms with Crippen molar-refractivity contribution in [3.63, 3.8) is 0 Å². The number of carbonyl (C=O) groups is 2. The number of ether oxygens (including phenoxy) is 2. The predicted molar refractivity (Wildman–Crippen MR) is 89.4 cm³/mol. The smallest absolute Gasteiger partial charge is 0.325 e. The molecule has 1 aromatic heterocycles. The number of benzene rings is 1. The van der Waals surface area contributed by atoms with Crippen LogP contribution >= 0.6 is 11.3 Å². The van der Waals surface area contributed by atoms with Crippen LogP contribution in [0.3, 0.4) is 0 Å². The van der Waals surface area contributed by atoms with Crippen LogP contribution in [0, 0.1) is 0 Å². The van der Waals surface area contributed by atoms with Gasteiger partial charge in [0.1, 0.15) is 0 Å². The molecule has 0 bridgehead atoms. The zero-order valence-electron chi connectivity index (χ0n) is 13.4. The summed E-state index contributed by atoms with van der Waals surface area (Å²) in [5.41, 5.74) is -0.547. The summed E-state index contributed by atoms with van der Waals surface area (Å²) in [5.74, 6) is 0.771. The van der Waals surface area contributed by atoms with Gasteiger partial charge in [0.05, 0.1) is 12.6 Å². The number of fused-ring (bicyclic) bond motifs is 1. The first-order valence-corrected chi connectivity index (χ1v) is 8.63. The molecule has 7 nitrogen and oxygen atoms in total. The van der Waals surface area contributed by atoms with Crippen molar-refractivity contribution in [2.75, 3.05) is 13.3 Å². The van der Waals surface area contributed by atoms with Gasteiger partial charge in [0.15, 0.2) is 17.0 Å². The fourth-order valence-electron chi connectivity index (χ4n) is 2.99. The van der Waals surface area contributed by atoms with Gasteiger partial charge < -0.3 is 19.9 Å². The van der Waals surface area contributed by atoms with Gasteiger partial charge in [0, 0.05) is 4.88 Å². The molecule has 2 N–H and O–H groups in total. The molecule has 1 fully saturated rings. The maximum atomic E-state index is 12.8. The Bertz CT molecular complexity index is 838. The predicted octanol–water partition coefficient (Wildman–Crippen LogP) is 1.98. The van der Waals surface area contributed by atoms with E-state index < -0.39 is 17.7 Å². The summed E-state index contributed by atoms with van der Waals surface area (Å²) in [7, 11) is 0. The van der Waals surface area contributed by atoms with Crippen LogP contribution in [0.4, 0.5) is 4.79 Å². The van der Waals surface area contributed by atoms with Gasteiger partial charge in [-0.15, -0.1) is 11.3 Å². The molecule has 8 heteroatoms. The van der Waals surface area contributed by atoms with Crippen LogP contribution < -0.4 is 14.8 Å². The minimum atomic E-state index is -1.10. The van der Waals surface area contributed by atoms with Crippen LogP contribution in [0.2, 0.25) is 0 Å². The molecule has 0 aliphatic carbocycles. The minimum absolute atomic E-state index is 0.134. The Morgan fingerprint density at radius 1 is 1.32 bits per heavy atom. The van der Waals surface area contributed by atoms with E-state index in [0.717, 1.165) is 9.78 Å². The summed E-state index contributed by atoms with van der Waals surface area (Å²) in [5, 5.41) is 15.1. The van der Waals surface area contributed by atoms with E-state index >= 15 is 0 Å². The van der Waals surface area contributed by atoms with Crippen LogP contribution in [0.5, 0.6) is 11.5 Å². The molecule has 2 aliphatic rings. The number of β-amino-alcohol motifs (C(OH)–C–C–N with tert-alkyl or cyclic N) is 1. The Balaban J connectivity index is 1.54. The molecular formula is C17H16N2O5S. The number of carbonyl (C=O) groups excluding carboxylic acids is 2. The minimum Gasteiger partial charge on any atom is -0.454 e. The monoisotopic (exact) mass is 360 g/mol. The molecule has 1 aromatic carbocycles. The first-order valence-electron chi connectivity index (χ1n) is 7.75. The lowest BCUT2D eigenvalue weighted by molar-refractivity contribution is -0.132. The molecule has 2 aromatic rings. The van der Waals surface area contributed by atoms with Gasteiger partial charge in [-0.2, -0.15) is 0 Å². The van der Waals surface area contributed by atoms with Crippen molar-refractivity contribution >= 4 is 23.3 Å². The lowest BCUT2D eigenvalue weighted by Crippen LogP contribution is -2.40. The number of nitrogens with zero attached hydrogens (tertiary/aromatic N) is 1. The summed E-state index contributed by atoms with van der Waals surface area (Å²) < 4.78 is 10.5.